The molecule has 0 saturated carbocycles. The lowest BCUT2D eigenvalue weighted by Gasteiger charge is -2.25. The number of esters is 1. The Labute approximate surface area is 272 Å². The van der Waals surface area contributed by atoms with Crippen LogP contribution in [0.5, 0.6) is 23.0 Å². The number of halogens is 2. The largest absolute Gasteiger partial charge is 0.493 e. The molecule has 3 N–H and O–H groups in total. The second-order valence-electron chi connectivity index (χ2n) is 10.5. The summed E-state index contributed by atoms with van der Waals surface area (Å²) in [6, 6.07) is 5.94. The molecule has 0 amide bonds. The second kappa shape index (κ2) is 18.3. The number of rotatable bonds is 17. The number of carbonyl (C=O) groups is 2. The topological polar surface area (TPSA) is 133 Å². The fourth-order valence-electron chi connectivity index (χ4n) is 5.08. The molecular weight excluding hydrogens is 658 g/mol. The minimum Gasteiger partial charge on any atom is -0.493 e. The lowest BCUT2D eigenvalue weighted by Crippen LogP contribution is -2.34. The van der Waals surface area contributed by atoms with Crippen LogP contribution in [0.1, 0.15) is 52.8 Å². The summed E-state index contributed by atoms with van der Waals surface area (Å²) < 4.78 is 28.6. The number of methoxy groups -OCH3 is 3. The maximum absolute atomic E-state index is 13.4. The smallest absolute Gasteiger partial charge is 0.338 e. The van der Waals surface area contributed by atoms with E-state index in [1.54, 1.807) is 12.1 Å². The average molecular weight is 701 g/mol. The number of nitrogens with two attached hydrogens (primary N) is 1. The van der Waals surface area contributed by atoms with Gasteiger partial charge >= 0.3 is 11.9 Å². The number of ether oxygens (including phenoxy) is 5. The van der Waals surface area contributed by atoms with Crippen LogP contribution in [0.3, 0.4) is 0 Å². The molecule has 1 fully saturated rings. The molecule has 2 aromatic carbocycles. The van der Waals surface area contributed by atoms with E-state index in [0.29, 0.717) is 53.3 Å². The van der Waals surface area contributed by atoms with Crippen LogP contribution in [0.15, 0.2) is 28.7 Å². The summed E-state index contributed by atoms with van der Waals surface area (Å²) in [6.45, 7) is 6.71. The van der Waals surface area contributed by atoms with E-state index in [-0.39, 0.29) is 28.9 Å². The summed E-state index contributed by atoms with van der Waals surface area (Å²) in [4.78, 5) is 29.7. The molecule has 1 aliphatic heterocycles. The van der Waals surface area contributed by atoms with Crippen LogP contribution in [0, 0.1) is 0 Å². The zero-order valence-electron chi connectivity index (χ0n) is 25.6. The van der Waals surface area contributed by atoms with Crippen molar-refractivity contribution < 1.29 is 38.4 Å². The van der Waals surface area contributed by atoms with Crippen LogP contribution in [0.4, 0.5) is 0 Å². The quantitative estimate of drug-likeness (QED) is 0.172. The lowest BCUT2D eigenvalue weighted by molar-refractivity contribution is 0.0221. The Bertz CT molecular complexity index is 1230. The Kier molecular flexibility index (Phi) is 14.8. The summed E-state index contributed by atoms with van der Waals surface area (Å²) in [5.74, 6) is -0.146. The van der Waals surface area contributed by atoms with Gasteiger partial charge in [-0.15, -0.1) is 0 Å². The first-order valence-electron chi connectivity index (χ1n) is 14.7. The van der Waals surface area contributed by atoms with Crippen LogP contribution in [-0.4, -0.2) is 107 Å². The van der Waals surface area contributed by atoms with E-state index in [1.807, 2.05) is 0 Å². The SMILES string of the molecule is COc1cc(C(=O)OC(CCCOc2cc(C(=O)O)cc(Cl)c2Br)CCN2CCCN(CCCN)CC2)cc(OC)c1OC. The third kappa shape index (κ3) is 10.4. The molecule has 0 spiro atoms. The van der Waals surface area contributed by atoms with Crippen molar-refractivity contribution in [1.29, 1.82) is 0 Å². The number of carboxylic acid groups (broad SMARTS) is 1. The summed E-state index contributed by atoms with van der Waals surface area (Å²) in [6.07, 6.45) is 3.41. The molecule has 11 nitrogen and oxygen atoms in total. The molecule has 3 rings (SSSR count). The third-order valence-corrected chi connectivity index (χ3v) is 8.82. The van der Waals surface area contributed by atoms with Crippen LogP contribution in [0.25, 0.3) is 0 Å². The first kappa shape index (κ1) is 35.7. The molecular formula is C31H43BrClN3O8. The Balaban J connectivity index is 1.68. The molecule has 44 heavy (non-hydrogen) atoms. The minimum atomic E-state index is -1.10. The van der Waals surface area contributed by atoms with Crippen molar-refractivity contribution in [3.8, 4) is 23.0 Å². The number of benzene rings is 2. The molecule has 1 aliphatic rings. The van der Waals surface area contributed by atoms with Crippen molar-refractivity contribution in [3.05, 3.63) is 44.9 Å². The number of hydrogen-bond acceptors (Lipinski definition) is 10. The van der Waals surface area contributed by atoms with Gasteiger partial charge in [-0.25, -0.2) is 9.59 Å². The molecule has 2 aromatic rings. The molecule has 0 aliphatic carbocycles. The maximum Gasteiger partial charge on any atom is 0.338 e. The van der Waals surface area contributed by atoms with Crippen molar-refractivity contribution in [2.24, 2.45) is 5.73 Å². The number of carboxylic acids is 1. The Morgan fingerprint density at radius 3 is 2.14 bits per heavy atom. The predicted molar refractivity (Wildman–Crippen MR) is 172 cm³/mol. The highest BCUT2D eigenvalue weighted by atomic mass is 79.9. The van der Waals surface area contributed by atoms with Gasteiger partial charge in [0.2, 0.25) is 5.75 Å². The van der Waals surface area contributed by atoms with E-state index < -0.39 is 11.9 Å². The number of aromatic carboxylic acids is 1. The van der Waals surface area contributed by atoms with Crippen LogP contribution in [-0.2, 0) is 4.74 Å². The van der Waals surface area contributed by atoms with Crippen LogP contribution >= 0.6 is 27.5 Å². The summed E-state index contributed by atoms with van der Waals surface area (Å²) in [5.41, 5.74) is 6.02. The van der Waals surface area contributed by atoms with Gasteiger partial charge in [0, 0.05) is 19.6 Å². The van der Waals surface area contributed by atoms with Gasteiger partial charge in [-0.3, -0.25) is 0 Å². The van der Waals surface area contributed by atoms with Crippen LogP contribution in [0.2, 0.25) is 5.02 Å². The van der Waals surface area contributed by atoms with Crippen LogP contribution < -0.4 is 24.7 Å². The van der Waals surface area contributed by atoms with E-state index in [4.69, 9.17) is 41.0 Å². The fourth-order valence-corrected chi connectivity index (χ4v) is 5.63. The second-order valence-corrected chi connectivity index (χ2v) is 11.7. The van der Waals surface area contributed by atoms with Crippen molar-refractivity contribution in [2.75, 3.05) is 73.7 Å². The van der Waals surface area contributed by atoms with E-state index in [1.165, 1.54) is 33.5 Å². The standard InChI is InChI=1S/C31H43BrClN3O8/c1-40-26-19-22(20-27(41-2)29(26)42-3)31(39)44-23(8-13-36-12-6-11-35(14-15-36)10-5-9-34)7-4-16-43-25-18-21(30(37)38)17-24(33)28(25)32/h17-20,23H,4-16,34H2,1-3H3,(H,37,38). The first-order chi connectivity index (χ1) is 21.2. The predicted octanol–water partition coefficient (Wildman–Crippen LogP) is 4.96. The molecule has 1 heterocycles. The van der Waals surface area contributed by atoms with Crippen molar-refractivity contribution in [2.45, 2.75) is 38.2 Å². The van der Waals surface area contributed by atoms with Gasteiger partial charge in [0.15, 0.2) is 11.5 Å². The molecule has 1 atom stereocenters. The normalized spacial score (nSPS) is 14.9. The van der Waals surface area contributed by atoms with E-state index in [9.17, 15) is 14.7 Å². The Morgan fingerprint density at radius 2 is 1.55 bits per heavy atom. The van der Waals surface area contributed by atoms with E-state index >= 15 is 0 Å². The molecule has 0 bridgehead atoms. The highest BCUT2D eigenvalue weighted by Gasteiger charge is 2.23. The number of hydrogen-bond donors (Lipinski definition) is 2. The van der Waals surface area contributed by atoms with Crippen molar-refractivity contribution in [3.63, 3.8) is 0 Å². The van der Waals surface area contributed by atoms with Crippen molar-refractivity contribution in [1.82, 2.24) is 9.80 Å². The van der Waals surface area contributed by atoms with E-state index in [2.05, 4.69) is 25.7 Å². The lowest BCUT2D eigenvalue weighted by atomic mass is 10.1. The fraction of sp³-hybridized carbons (Fsp3) is 0.548. The zero-order chi connectivity index (χ0) is 32.1. The summed E-state index contributed by atoms with van der Waals surface area (Å²) >= 11 is 9.54. The highest BCUT2D eigenvalue weighted by Crippen LogP contribution is 2.38. The molecule has 13 heteroatoms. The van der Waals surface area contributed by atoms with Gasteiger partial charge in [-0.2, -0.15) is 0 Å². The average Bonchev–Trinajstić information content (AvgIpc) is 3.26. The molecule has 0 radical (unpaired) electrons. The van der Waals surface area contributed by atoms with Gasteiger partial charge in [0.25, 0.3) is 0 Å². The Morgan fingerprint density at radius 1 is 0.909 bits per heavy atom. The molecule has 1 unspecified atom stereocenters. The van der Waals surface area contributed by atoms with Gasteiger partial charge in [-0.1, -0.05) is 11.6 Å². The monoisotopic (exact) mass is 699 g/mol. The minimum absolute atomic E-state index is 0.0318. The van der Waals surface area contributed by atoms with Gasteiger partial charge in [0.1, 0.15) is 11.9 Å². The summed E-state index contributed by atoms with van der Waals surface area (Å²) in [7, 11) is 4.48. The summed E-state index contributed by atoms with van der Waals surface area (Å²) in [5, 5.41) is 9.61. The molecule has 1 saturated heterocycles. The number of carbonyl (C=O) groups excluding carboxylic acids is 1. The third-order valence-electron chi connectivity index (χ3n) is 7.47. The Hall–Kier alpha value is -2.77. The van der Waals surface area contributed by atoms with Gasteiger partial charge in [-0.05, 0) is 98.5 Å². The number of nitrogens with zero attached hydrogens (tertiary/aromatic N) is 2. The molecule has 244 valence electrons. The van der Waals surface area contributed by atoms with Gasteiger partial charge < -0.3 is 44.3 Å². The maximum atomic E-state index is 13.4. The highest BCUT2D eigenvalue weighted by molar-refractivity contribution is 9.10. The van der Waals surface area contributed by atoms with Gasteiger partial charge in [0.05, 0.1) is 48.6 Å². The first-order valence-corrected chi connectivity index (χ1v) is 15.9. The van der Waals surface area contributed by atoms with E-state index in [0.717, 1.165) is 52.1 Å². The van der Waals surface area contributed by atoms with Crippen molar-refractivity contribution >= 4 is 39.5 Å². The molecule has 0 aromatic heterocycles. The zero-order valence-corrected chi connectivity index (χ0v) is 28.0.